The number of carboxylic acids is 1. The minimum Gasteiger partial charge on any atom is -0.479 e. The highest BCUT2D eigenvalue weighted by atomic mass is 16.5. The summed E-state index contributed by atoms with van der Waals surface area (Å²) in [5.41, 5.74) is 1.70. The lowest BCUT2D eigenvalue weighted by atomic mass is 9.96. The molecule has 10 nitrogen and oxygen atoms in total. The van der Waals surface area contributed by atoms with Crippen molar-refractivity contribution in [2.75, 3.05) is 31.1 Å². The number of aliphatic carboxylic acids is 1. The van der Waals surface area contributed by atoms with Gasteiger partial charge in [-0.2, -0.15) is 0 Å². The van der Waals surface area contributed by atoms with Crippen LogP contribution in [0.4, 0.5) is 5.69 Å². The van der Waals surface area contributed by atoms with Gasteiger partial charge in [-0.3, -0.25) is 14.4 Å². The van der Waals surface area contributed by atoms with Crippen molar-refractivity contribution >= 4 is 29.4 Å². The second-order valence-corrected chi connectivity index (χ2v) is 8.77. The van der Waals surface area contributed by atoms with Gasteiger partial charge in [0.25, 0.3) is 11.8 Å². The molecule has 10 heteroatoms. The Morgan fingerprint density at radius 3 is 2.44 bits per heavy atom. The highest BCUT2D eigenvalue weighted by molar-refractivity contribution is 6.01. The van der Waals surface area contributed by atoms with Gasteiger partial charge in [-0.25, -0.2) is 4.79 Å². The Morgan fingerprint density at radius 1 is 1.03 bits per heavy atom. The van der Waals surface area contributed by atoms with Gasteiger partial charge in [-0.15, -0.1) is 0 Å². The number of morpholine rings is 1. The number of aliphatic hydroxyl groups excluding tert-OH is 1. The smallest absolute Gasteiger partial charge is 0.335 e. The van der Waals surface area contributed by atoms with Crippen molar-refractivity contribution in [3.05, 3.63) is 65.7 Å². The van der Waals surface area contributed by atoms with Crippen LogP contribution in [0.3, 0.4) is 0 Å². The normalized spacial score (nSPS) is 19.6. The molecule has 36 heavy (non-hydrogen) atoms. The van der Waals surface area contributed by atoms with Crippen LogP contribution >= 0.6 is 0 Å². The fourth-order valence-corrected chi connectivity index (χ4v) is 4.37. The molecule has 2 aromatic carbocycles. The predicted molar refractivity (Wildman–Crippen MR) is 127 cm³/mol. The maximum Gasteiger partial charge on any atom is 0.335 e. The lowest BCUT2D eigenvalue weighted by Gasteiger charge is -2.34. The van der Waals surface area contributed by atoms with E-state index in [1.54, 1.807) is 29.2 Å². The third-order valence-corrected chi connectivity index (χ3v) is 6.41. The largest absolute Gasteiger partial charge is 0.479 e. The molecule has 0 saturated carbocycles. The van der Waals surface area contributed by atoms with E-state index in [4.69, 9.17) is 14.6 Å². The standard InChI is InChI=1S/C26H28N2O8/c29-21(25(32)33)22-24(31)28(13-14-35-22)20-8-4-7-19(15-20)23(30)27-11-9-18(10-12-27)26(34)36-16-17-5-2-1-3-6-17/h1-8,15,18,21-22,29H,9-14,16H2,(H,32,33)/t21-,22-/m1/s1. The zero-order valence-electron chi connectivity index (χ0n) is 19.6. The molecule has 2 fully saturated rings. The van der Waals surface area contributed by atoms with E-state index < -0.39 is 24.1 Å². The van der Waals surface area contributed by atoms with E-state index in [2.05, 4.69) is 0 Å². The van der Waals surface area contributed by atoms with Crippen molar-refractivity contribution in [2.45, 2.75) is 31.7 Å². The lowest BCUT2D eigenvalue weighted by Crippen LogP contribution is -2.54. The number of carbonyl (C=O) groups is 4. The molecule has 0 unspecified atom stereocenters. The minimum atomic E-state index is -1.98. The highest BCUT2D eigenvalue weighted by Gasteiger charge is 2.39. The van der Waals surface area contributed by atoms with Gasteiger partial charge in [0.2, 0.25) is 0 Å². The molecule has 2 aliphatic heterocycles. The van der Waals surface area contributed by atoms with Crippen LogP contribution in [0.15, 0.2) is 54.6 Å². The Morgan fingerprint density at radius 2 is 1.75 bits per heavy atom. The monoisotopic (exact) mass is 496 g/mol. The topological polar surface area (TPSA) is 134 Å². The van der Waals surface area contributed by atoms with Gasteiger partial charge in [0, 0.05) is 30.9 Å². The fraction of sp³-hybridized carbons (Fsp3) is 0.385. The summed E-state index contributed by atoms with van der Waals surface area (Å²) in [6, 6.07) is 15.9. The molecule has 2 heterocycles. The SMILES string of the molecule is O=C(OCc1ccccc1)C1CCN(C(=O)c2cccc(N3CCO[C@H]([C@@H](O)C(=O)O)C3=O)c2)CC1. The van der Waals surface area contributed by atoms with Crippen molar-refractivity contribution in [1.82, 2.24) is 4.90 Å². The molecule has 2 atom stereocenters. The van der Waals surface area contributed by atoms with Crippen LogP contribution < -0.4 is 4.90 Å². The molecule has 0 aromatic heterocycles. The van der Waals surface area contributed by atoms with E-state index in [0.717, 1.165) is 5.56 Å². The number of likely N-dealkylation sites (tertiary alicyclic amines) is 1. The number of esters is 1. The van der Waals surface area contributed by atoms with Crippen molar-refractivity contribution in [2.24, 2.45) is 5.92 Å². The molecule has 190 valence electrons. The number of benzene rings is 2. The van der Waals surface area contributed by atoms with Gasteiger partial charge in [-0.1, -0.05) is 36.4 Å². The van der Waals surface area contributed by atoms with Crippen molar-refractivity contribution < 1.29 is 38.9 Å². The maximum atomic E-state index is 13.1. The van der Waals surface area contributed by atoms with Crippen LogP contribution in [0.5, 0.6) is 0 Å². The predicted octanol–water partition coefficient (Wildman–Crippen LogP) is 1.46. The molecule has 0 bridgehead atoms. The first-order chi connectivity index (χ1) is 17.3. The quantitative estimate of drug-likeness (QED) is 0.551. The molecule has 2 aliphatic rings. The van der Waals surface area contributed by atoms with E-state index in [-0.39, 0.29) is 37.6 Å². The summed E-state index contributed by atoms with van der Waals surface area (Å²) >= 11 is 0. The number of rotatable bonds is 7. The molecule has 4 rings (SSSR count). The van der Waals surface area contributed by atoms with E-state index in [9.17, 15) is 24.3 Å². The van der Waals surface area contributed by atoms with Crippen LogP contribution in [0, 0.1) is 5.92 Å². The molecule has 0 spiro atoms. The number of piperidine rings is 1. The highest BCUT2D eigenvalue weighted by Crippen LogP contribution is 2.25. The average molecular weight is 497 g/mol. The van der Waals surface area contributed by atoms with Gasteiger partial charge >= 0.3 is 11.9 Å². The second kappa shape index (κ2) is 11.3. The van der Waals surface area contributed by atoms with E-state index in [1.807, 2.05) is 30.3 Å². The number of carbonyl (C=O) groups excluding carboxylic acids is 3. The molecule has 2 amide bonds. The first-order valence-electron chi connectivity index (χ1n) is 11.8. The molecule has 2 saturated heterocycles. The molecule has 2 N–H and O–H groups in total. The summed E-state index contributed by atoms with van der Waals surface area (Å²) in [6.45, 7) is 1.23. The summed E-state index contributed by atoms with van der Waals surface area (Å²) in [5, 5.41) is 18.8. The fourth-order valence-electron chi connectivity index (χ4n) is 4.37. The number of hydrogen-bond donors (Lipinski definition) is 2. The first kappa shape index (κ1) is 25.3. The van der Waals surface area contributed by atoms with E-state index in [1.165, 1.54) is 4.90 Å². The van der Waals surface area contributed by atoms with Crippen molar-refractivity contribution in [1.29, 1.82) is 0 Å². The van der Waals surface area contributed by atoms with Crippen molar-refractivity contribution in [3.63, 3.8) is 0 Å². The Balaban J connectivity index is 1.35. The average Bonchev–Trinajstić information content (AvgIpc) is 2.91. The summed E-state index contributed by atoms with van der Waals surface area (Å²) in [5.74, 6) is -3.00. The lowest BCUT2D eigenvalue weighted by molar-refractivity contribution is -0.163. The number of aliphatic hydroxyl groups is 1. The maximum absolute atomic E-state index is 13.1. The molecular formula is C26H28N2O8. The first-order valence-corrected chi connectivity index (χ1v) is 11.8. The number of hydrogen-bond acceptors (Lipinski definition) is 7. The van der Waals surface area contributed by atoms with Gasteiger partial charge in [0.15, 0.2) is 12.2 Å². The second-order valence-electron chi connectivity index (χ2n) is 8.77. The summed E-state index contributed by atoms with van der Waals surface area (Å²) in [6.07, 6.45) is -2.51. The number of ether oxygens (including phenoxy) is 2. The number of amides is 2. The van der Waals surface area contributed by atoms with E-state index in [0.29, 0.717) is 37.2 Å². The molecule has 2 aromatic rings. The van der Waals surface area contributed by atoms with Gasteiger partial charge < -0.3 is 29.5 Å². The van der Waals surface area contributed by atoms with Gasteiger partial charge in [0.05, 0.1) is 12.5 Å². The Hall–Kier alpha value is -3.76. The number of anilines is 1. The molecule has 0 aliphatic carbocycles. The summed E-state index contributed by atoms with van der Waals surface area (Å²) < 4.78 is 10.6. The van der Waals surface area contributed by atoms with Crippen LogP contribution in [-0.2, 0) is 30.5 Å². The number of carboxylic acid groups (broad SMARTS) is 1. The van der Waals surface area contributed by atoms with Crippen LogP contribution in [0.2, 0.25) is 0 Å². The summed E-state index contributed by atoms with van der Waals surface area (Å²) in [4.78, 5) is 52.4. The van der Waals surface area contributed by atoms with Crippen LogP contribution in [0.25, 0.3) is 0 Å². The van der Waals surface area contributed by atoms with Crippen LogP contribution in [0.1, 0.15) is 28.8 Å². The Kier molecular flexibility index (Phi) is 7.97. The zero-order valence-corrected chi connectivity index (χ0v) is 19.6. The minimum absolute atomic E-state index is 0.0484. The number of nitrogens with zero attached hydrogens (tertiary/aromatic N) is 2. The molecular weight excluding hydrogens is 468 g/mol. The van der Waals surface area contributed by atoms with E-state index >= 15 is 0 Å². The Labute approximate surface area is 208 Å². The third kappa shape index (κ3) is 5.72. The Bertz CT molecular complexity index is 1110. The summed E-state index contributed by atoms with van der Waals surface area (Å²) in [7, 11) is 0. The zero-order chi connectivity index (χ0) is 25.7. The van der Waals surface area contributed by atoms with Gasteiger partial charge in [-0.05, 0) is 36.6 Å². The van der Waals surface area contributed by atoms with Crippen molar-refractivity contribution in [3.8, 4) is 0 Å². The third-order valence-electron chi connectivity index (χ3n) is 6.41. The van der Waals surface area contributed by atoms with Gasteiger partial charge in [0.1, 0.15) is 6.61 Å². The molecule has 0 radical (unpaired) electrons. The van der Waals surface area contributed by atoms with Crippen LogP contribution in [-0.4, -0.2) is 77.3 Å².